The fourth-order valence-electron chi connectivity index (χ4n) is 2.11. The summed E-state index contributed by atoms with van der Waals surface area (Å²) in [5, 5.41) is 6.94. The molecule has 0 spiro atoms. The maximum absolute atomic E-state index is 12.2. The van der Waals surface area contributed by atoms with E-state index in [4.69, 9.17) is 4.74 Å². The third-order valence-corrected chi connectivity index (χ3v) is 3.40. The predicted molar refractivity (Wildman–Crippen MR) is 88.5 cm³/mol. The Kier molecular flexibility index (Phi) is 4.38. The van der Waals surface area contributed by atoms with E-state index < -0.39 is 0 Å². The fourth-order valence-corrected chi connectivity index (χ4v) is 2.11. The largest absolute Gasteiger partial charge is 0.457 e. The van der Waals surface area contributed by atoms with E-state index in [0.29, 0.717) is 5.75 Å². The Morgan fingerprint density at radius 1 is 1.04 bits per heavy atom. The first-order chi connectivity index (χ1) is 11.2. The van der Waals surface area contributed by atoms with E-state index >= 15 is 0 Å². The van der Waals surface area contributed by atoms with Crippen molar-refractivity contribution in [1.29, 1.82) is 0 Å². The summed E-state index contributed by atoms with van der Waals surface area (Å²) in [6.07, 6.45) is 3.42. The Hall–Kier alpha value is -3.08. The highest BCUT2D eigenvalue weighted by molar-refractivity contribution is 5.93. The lowest BCUT2D eigenvalue weighted by Crippen LogP contribution is -2.23. The van der Waals surface area contributed by atoms with Crippen LogP contribution in [0.2, 0.25) is 0 Å². The van der Waals surface area contributed by atoms with Gasteiger partial charge in [0, 0.05) is 18.1 Å². The van der Waals surface area contributed by atoms with E-state index in [2.05, 4.69) is 10.4 Å². The normalized spacial score (nSPS) is 11.7. The number of para-hydroxylation sites is 1. The zero-order valence-corrected chi connectivity index (χ0v) is 12.7. The highest BCUT2D eigenvalue weighted by Gasteiger charge is 2.14. The number of carbonyl (C=O) groups excluding carboxylic acids is 1. The topological polar surface area (TPSA) is 56.1 Å². The van der Waals surface area contributed by atoms with E-state index in [1.807, 2.05) is 54.6 Å². The monoisotopic (exact) mass is 307 g/mol. The molecule has 1 aromatic heterocycles. The highest BCUT2D eigenvalue weighted by Crippen LogP contribution is 2.23. The minimum Gasteiger partial charge on any atom is -0.457 e. The molecule has 1 amide bonds. The fraction of sp³-hybridized carbons (Fsp3) is 0.111. The van der Waals surface area contributed by atoms with Gasteiger partial charge in [-0.15, -0.1) is 0 Å². The Morgan fingerprint density at radius 2 is 1.74 bits per heavy atom. The van der Waals surface area contributed by atoms with Crippen molar-refractivity contribution >= 4 is 11.6 Å². The summed E-state index contributed by atoms with van der Waals surface area (Å²) >= 11 is 0. The zero-order valence-electron chi connectivity index (χ0n) is 12.7. The lowest BCUT2D eigenvalue weighted by atomic mass is 10.2. The lowest BCUT2D eigenvalue weighted by molar-refractivity contribution is -0.119. The van der Waals surface area contributed by atoms with Gasteiger partial charge in [0.25, 0.3) is 0 Å². The molecule has 0 bridgehead atoms. The van der Waals surface area contributed by atoms with Crippen LogP contribution in [0.25, 0.3) is 0 Å². The maximum Gasteiger partial charge on any atom is 0.248 e. The quantitative estimate of drug-likeness (QED) is 0.778. The van der Waals surface area contributed by atoms with Gasteiger partial charge in [0.05, 0.1) is 0 Å². The lowest BCUT2D eigenvalue weighted by Gasteiger charge is -2.13. The molecule has 0 aliphatic carbocycles. The number of rotatable bonds is 5. The first kappa shape index (κ1) is 14.8. The highest BCUT2D eigenvalue weighted by atomic mass is 16.5. The van der Waals surface area contributed by atoms with Crippen molar-refractivity contribution in [3.63, 3.8) is 0 Å². The second-order valence-corrected chi connectivity index (χ2v) is 5.09. The van der Waals surface area contributed by atoms with Gasteiger partial charge in [-0.05, 0) is 49.4 Å². The van der Waals surface area contributed by atoms with Crippen LogP contribution in [-0.2, 0) is 4.79 Å². The summed E-state index contributed by atoms with van der Waals surface area (Å²) in [7, 11) is 0. The predicted octanol–water partition coefficient (Wildman–Crippen LogP) is 3.88. The number of nitrogens with one attached hydrogen (secondary N) is 1. The van der Waals surface area contributed by atoms with Crippen molar-refractivity contribution < 1.29 is 9.53 Å². The Balaban J connectivity index is 1.62. The van der Waals surface area contributed by atoms with Crippen LogP contribution in [0.3, 0.4) is 0 Å². The van der Waals surface area contributed by atoms with Crippen LogP contribution >= 0.6 is 0 Å². The molecule has 23 heavy (non-hydrogen) atoms. The third-order valence-electron chi connectivity index (χ3n) is 3.40. The van der Waals surface area contributed by atoms with Gasteiger partial charge >= 0.3 is 0 Å². The number of anilines is 1. The number of benzene rings is 2. The van der Waals surface area contributed by atoms with E-state index in [9.17, 15) is 4.79 Å². The molecule has 5 heteroatoms. The first-order valence-corrected chi connectivity index (χ1v) is 7.35. The number of nitrogens with zero attached hydrogens (tertiary/aromatic N) is 2. The Bertz CT molecular complexity index is 753. The number of ether oxygens (including phenoxy) is 1. The van der Waals surface area contributed by atoms with Gasteiger partial charge < -0.3 is 10.1 Å². The van der Waals surface area contributed by atoms with Crippen LogP contribution in [0.15, 0.2) is 73.1 Å². The van der Waals surface area contributed by atoms with Crippen molar-refractivity contribution in [2.75, 3.05) is 5.32 Å². The van der Waals surface area contributed by atoms with Crippen molar-refractivity contribution in [2.24, 2.45) is 0 Å². The third kappa shape index (κ3) is 3.77. The molecular formula is C18H17N3O2. The minimum absolute atomic E-state index is 0.120. The number of hydrogen-bond acceptors (Lipinski definition) is 3. The van der Waals surface area contributed by atoms with E-state index in [0.717, 1.165) is 11.4 Å². The molecular weight excluding hydrogens is 290 g/mol. The van der Waals surface area contributed by atoms with Crippen molar-refractivity contribution in [2.45, 2.75) is 13.0 Å². The molecule has 116 valence electrons. The molecule has 1 N–H and O–H groups in total. The van der Waals surface area contributed by atoms with Gasteiger partial charge in [0.1, 0.15) is 17.5 Å². The van der Waals surface area contributed by atoms with Gasteiger partial charge in [-0.25, -0.2) is 0 Å². The average molecular weight is 307 g/mol. The van der Waals surface area contributed by atoms with E-state index in [-0.39, 0.29) is 11.9 Å². The van der Waals surface area contributed by atoms with Gasteiger partial charge in [0.2, 0.25) is 5.91 Å². The standard InChI is InChI=1S/C18H17N3O2/c1-14(21-13-5-12-19-21)18(22)20-15-8-10-17(11-9-15)23-16-6-3-2-4-7-16/h2-14H,1H3,(H,20,22). The molecule has 1 unspecified atom stereocenters. The van der Waals surface area contributed by atoms with Gasteiger partial charge in [-0.3, -0.25) is 9.48 Å². The summed E-state index contributed by atoms with van der Waals surface area (Å²) < 4.78 is 7.33. The van der Waals surface area contributed by atoms with Gasteiger partial charge in [0.15, 0.2) is 0 Å². The molecule has 0 saturated heterocycles. The van der Waals surface area contributed by atoms with Crippen LogP contribution in [0.5, 0.6) is 11.5 Å². The molecule has 1 atom stereocenters. The maximum atomic E-state index is 12.2. The van der Waals surface area contributed by atoms with Crippen LogP contribution in [0, 0.1) is 0 Å². The molecule has 0 fully saturated rings. The summed E-state index contributed by atoms with van der Waals surface area (Å²) in [6.45, 7) is 1.80. The molecule has 1 heterocycles. The van der Waals surface area contributed by atoms with E-state index in [1.165, 1.54) is 0 Å². The van der Waals surface area contributed by atoms with Crippen LogP contribution < -0.4 is 10.1 Å². The SMILES string of the molecule is CC(C(=O)Nc1ccc(Oc2ccccc2)cc1)n1cccn1. The minimum atomic E-state index is -0.370. The molecule has 0 radical (unpaired) electrons. The molecule has 0 aliphatic heterocycles. The number of hydrogen-bond donors (Lipinski definition) is 1. The second kappa shape index (κ2) is 6.79. The number of carbonyl (C=O) groups is 1. The molecule has 0 saturated carbocycles. The summed E-state index contributed by atoms with van der Waals surface area (Å²) in [5.41, 5.74) is 0.717. The zero-order chi connectivity index (χ0) is 16.1. The van der Waals surface area contributed by atoms with Crippen LogP contribution in [0.1, 0.15) is 13.0 Å². The second-order valence-electron chi connectivity index (χ2n) is 5.09. The summed E-state index contributed by atoms with van der Waals surface area (Å²) in [4.78, 5) is 12.2. The molecule has 3 aromatic rings. The molecule has 2 aromatic carbocycles. The van der Waals surface area contributed by atoms with E-state index in [1.54, 1.807) is 30.1 Å². The summed E-state index contributed by atoms with van der Waals surface area (Å²) in [6, 6.07) is 18.2. The van der Waals surface area contributed by atoms with Gasteiger partial charge in [-0.2, -0.15) is 5.10 Å². The Labute approximate surface area is 134 Å². The first-order valence-electron chi connectivity index (χ1n) is 7.35. The van der Waals surface area contributed by atoms with Crippen LogP contribution in [-0.4, -0.2) is 15.7 Å². The molecule has 5 nitrogen and oxygen atoms in total. The van der Waals surface area contributed by atoms with Crippen molar-refractivity contribution in [3.05, 3.63) is 73.1 Å². The average Bonchev–Trinajstić information content (AvgIpc) is 3.11. The Morgan fingerprint density at radius 3 is 2.39 bits per heavy atom. The molecule has 3 rings (SSSR count). The summed E-state index contributed by atoms with van der Waals surface area (Å²) in [5.74, 6) is 1.37. The van der Waals surface area contributed by atoms with Crippen LogP contribution in [0.4, 0.5) is 5.69 Å². The smallest absolute Gasteiger partial charge is 0.248 e. The molecule has 0 aliphatic rings. The van der Waals surface area contributed by atoms with Crippen molar-refractivity contribution in [3.8, 4) is 11.5 Å². The number of aromatic nitrogens is 2. The number of amides is 1. The van der Waals surface area contributed by atoms with Gasteiger partial charge in [-0.1, -0.05) is 18.2 Å². The van der Waals surface area contributed by atoms with Crippen molar-refractivity contribution in [1.82, 2.24) is 9.78 Å².